The quantitative estimate of drug-likeness (QED) is 0.725. The van der Waals surface area contributed by atoms with Crippen LogP contribution in [0, 0.1) is 0 Å². The molecule has 0 aromatic heterocycles. The summed E-state index contributed by atoms with van der Waals surface area (Å²) in [6, 6.07) is 16.7. The van der Waals surface area contributed by atoms with Crippen molar-refractivity contribution < 1.29 is 9.59 Å². The maximum atomic E-state index is 11.8. The molecule has 2 rings (SSSR count). The molecule has 0 fully saturated rings. The van der Waals surface area contributed by atoms with E-state index in [2.05, 4.69) is 10.6 Å². The molecule has 0 saturated heterocycles. The third-order valence-corrected chi connectivity index (χ3v) is 3.18. The minimum atomic E-state index is -0.490. The predicted molar refractivity (Wildman–Crippen MR) is 86.6 cm³/mol. The minimum Gasteiger partial charge on any atom is -0.376 e. The van der Waals surface area contributed by atoms with Gasteiger partial charge in [-0.15, -0.1) is 0 Å². The van der Waals surface area contributed by atoms with E-state index in [1.165, 1.54) is 5.56 Å². The van der Waals surface area contributed by atoms with Gasteiger partial charge in [0.1, 0.15) is 0 Å². The minimum absolute atomic E-state index is 0.0968. The summed E-state index contributed by atoms with van der Waals surface area (Å²) in [5.41, 5.74) is 7.50. The Morgan fingerprint density at radius 1 is 1.00 bits per heavy atom. The third kappa shape index (κ3) is 4.94. The zero-order valence-corrected chi connectivity index (χ0v) is 12.2. The van der Waals surface area contributed by atoms with E-state index in [0.717, 1.165) is 6.42 Å². The van der Waals surface area contributed by atoms with Crippen LogP contribution in [-0.4, -0.2) is 24.9 Å². The topological polar surface area (TPSA) is 84.2 Å². The van der Waals surface area contributed by atoms with E-state index >= 15 is 0 Å². The molecule has 22 heavy (non-hydrogen) atoms. The number of rotatable bonds is 7. The molecule has 0 aliphatic heterocycles. The summed E-state index contributed by atoms with van der Waals surface area (Å²) in [6.45, 7) is 0.739. The fourth-order valence-corrected chi connectivity index (χ4v) is 2.02. The van der Waals surface area contributed by atoms with E-state index in [1.807, 2.05) is 30.3 Å². The van der Waals surface area contributed by atoms with Crippen LogP contribution in [0.1, 0.15) is 15.9 Å². The second-order valence-electron chi connectivity index (χ2n) is 4.88. The summed E-state index contributed by atoms with van der Waals surface area (Å²) < 4.78 is 0. The van der Waals surface area contributed by atoms with Gasteiger partial charge in [0, 0.05) is 17.8 Å². The lowest BCUT2D eigenvalue weighted by Crippen LogP contribution is -2.31. The third-order valence-electron chi connectivity index (χ3n) is 3.18. The van der Waals surface area contributed by atoms with Crippen LogP contribution >= 0.6 is 0 Å². The Hall–Kier alpha value is -2.82. The SMILES string of the molecule is NC(=O)c1cccc(NCC(=O)NCCc2ccccc2)c1. The first-order valence-electron chi connectivity index (χ1n) is 7.09. The van der Waals surface area contributed by atoms with E-state index in [1.54, 1.807) is 24.3 Å². The lowest BCUT2D eigenvalue weighted by Gasteiger charge is -2.08. The van der Waals surface area contributed by atoms with Crippen LogP contribution in [0.4, 0.5) is 5.69 Å². The Balaban J connectivity index is 1.73. The summed E-state index contributed by atoms with van der Waals surface area (Å²) in [4.78, 5) is 22.8. The van der Waals surface area contributed by atoms with Crippen LogP contribution in [0.5, 0.6) is 0 Å². The second kappa shape index (κ2) is 7.83. The van der Waals surface area contributed by atoms with Gasteiger partial charge in [0.05, 0.1) is 6.54 Å². The Labute approximate surface area is 129 Å². The van der Waals surface area contributed by atoms with Gasteiger partial charge in [-0.1, -0.05) is 36.4 Å². The summed E-state index contributed by atoms with van der Waals surface area (Å²) >= 11 is 0. The van der Waals surface area contributed by atoms with Gasteiger partial charge in [-0.2, -0.15) is 0 Å². The molecule has 0 bridgehead atoms. The van der Waals surface area contributed by atoms with Gasteiger partial charge >= 0.3 is 0 Å². The van der Waals surface area contributed by atoms with Gasteiger partial charge in [0.2, 0.25) is 11.8 Å². The molecular weight excluding hydrogens is 278 g/mol. The largest absolute Gasteiger partial charge is 0.376 e. The first-order chi connectivity index (χ1) is 10.6. The summed E-state index contributed by atoms with van der Waals surface area (Å²) in [6.07, 6.45) is 0.795. The molecule has 5 heteroatoms. The highest BCUT2D eigenvalue weighted by molar-refractivity contribution is 5.93. The van der Waals surface area contributed by atoms with Crippen molar-refractivity contribution >= 4 is 17.5 Å². The number of nitrogens with two attached hydrogens (primary N) is 1. The highest BCUT2D eigenvalue weighted by atomic mass is 16.2. The number of carbonyl (C=O) groups excluding carboxylic acids is 2. The van der Waals surface area contributed by atoms with Crippen molar-refractivity contribution in [1.82, 2.24) is 5.32 Å². The zero-order valence-electron chi connectivity index (χ0n) is 12.2. The average Bonchev–Trinajstić information content (AvgIpc) is 2.54. The number of benzene rings is 2. The maximum absolute atomic E-state index is 11.8. The van der Waals surface area contributed by atoms with Gasteiger partial charge in [-0.3, -0.25) is 9.59 Å². The number of primary amides is 1. The number of nitrogens with one attached hydrogen (secondary N) is 2. The molecule has 0 saturated carbocycles. The van der Waals surface area contributed by atoms with Crippen molar-refractivity contribution in [3.05, 3.63) is 65.7 Å². The first kappa shape index (κ1) is 15.6. The lowest BCUT2D eigenvalue weighted by atomic mass is 10.1. The van der Waals surface area contributed by atoms with Crippen LogP contribution in [0.15, 0.2) is 54.6 Å². The van der Waals surface area contributed by atoms with Gasteiger partial charge in [-0.25, -0.2) is 0 Å². The van der Waals surface area contributed by atoms with Gasteiger partial charge in [0.25, 0.3) is 0 Å². The Morgan fingerprint density at radius 3 is 2.50 bits per heavy atom. The molecule has 0 aliphatic carbocycles. The number of hydrogen-bond donors (Lipinski definition) is 3. The van der Waals surface area contributed by atoms with Crippen LogP contribution in [-0.2, 0) is 11.2 Å². The maximum Gasteiger partial charge on any atom is 0.248 e. The normalized spacial score (nSPS) is 10.0. The van der Waals surface area contributed by atoms with Crippen molar-refractivity contribution in [2.75, 3.05) is 18.4 Å². The highest BCUT2D eigenvalue weighted by Gasteiger charge is 2.03. The molecule has 0 atom stereocenters. The molecule has 4 N–H and O–H groups in total. The van der Waals surface area contributed by atoms with E-state index in [-0.39, 0.29) is 12.5 Å². The summed E-state index contributed by atoms with van der Waals surface area (Å²) in [5.74, 6) is -0.587. The number of hydrogen-bond acceptors (Lipinski definition) is 3. The molecule has 2 aromatic carbocycles. The van der Waals surface area contributed by atoms with E-state index < -0.39 is 5.91 Å². The second-order valence-corrected chi connectivity index (χ2v) is 4.88. The molecular formula is C17H19N3O2. The number of anilines is 1. The van der Waals surface area contributed by atoms with Gasteiger partial charge < -0.3 is 16.4 Å². The fourth-order valence-electron chi connectivity index (χ4n) is 2.02. The Kier molecular flexibility index (Phi) is 5.54. The number of carbonyl (C=O) groups is 2. The lowest BCUT2D eigenvalue weighted by molar-refractivity contribution is -0.119. The monoisotopic (exact) mass is 297 g/mol. The van der Waals surface area contributed by atoms with E-state index in [0.29, 0.717) is 17.8 Å². The first-order valence-corrected chi connectivity index (χ1v) is 7.09. The zero-order chi connectivity index (χ0) is 15.8. The van der Waals surface area contributed by atoms with E-state index in [4.69, 9.17) is 5.73 Å². The summed E-state index contributed by atoms with van der Waals surface area (Å²) in [5, 5.41) is 5.81. The average molecular weight is 297 g/mol. The number of amides is 2. The molecule has 0 heterocycles. The Bertz CT molecular complexity index is 641. The molecule has 0 unspecified atom stereocenters. The molecule has 0 aliphatic rings. The van der Waals surface area contributed by atoms with Crippen molar-refractivity contribution in [2.45, 2.75) is 6.42 Å². The molecule has 2 aromatic rings. The standard InChI is InChI=1S/C17H19N3O2/c18-17(22)14-7-4-8-15(11-14)20-12-16(21)19-10-9-13-5-2-1-3-6-13/h1-8,11,20H,9-10,12H2,(H2,18,22)(H,19,21). The van der Waals surface area contributed by atoms with Crippen LogP contribution in [0.3, 0.4) is 0 Å². The Morgan fingerprint density at radius 2 is 1.77 bits per heavy atom. The molecule has 0 radical (unpaired) electrons. The predicted octanol–water partition coefficient (Wildman–Crippen LogP) is 1.56. The summed E-state index contributed by atoms with van der Waals surface area (Å²) in [7, 11) is 0. The van der Waals surface area contributed by atoms with Gasteiger partial charge in [-0.05, 0) is 30.2 Å². The van der Waals surface area contributed by atoms with Gasteiger partial charge in [0.15, 0.2) is 0 Å². The van der Waals surface area contributed by atoms with Crippen LogP contribution in [0.2, 0.25) is 0 Å². The van der Waals surface area contributed by atoms with Crippen molar-refractivity contribution in [1.29, 1.82) is 0 Å². The van der Waals surface area contributed by atoms with Crippen molar-refractivity contribution in [3.63, 3.8) is 0 Å². The van der Waals surface area contributed by atoms with Crippen molar-refractivity contribution in [2.24, 2.45) is 5.73 Å². The molecule has 114 valence electrons. The molecule has 0 spiro atoms. The van der Waals surface area contributed by atoms with E-state index in [9.17, 15) is 9.59 Å². The fraction of sp³-hybridized carbons (Fsp3) is 0.176. The smallest absolute Gasteiger partial charge is 0.248 e. The van der Waals surface area contributed by atoms with Crippen LogP contribution in [0.25, 0.3) is 0 Å². The molecule has 2 amide bonds. The molecule has 5 nitrogen and oxygen atoms in total. The van der Waals surface area contributed by atoms with Crippen LogP contribution < -0.4 is 16.4 Å². The van der Waals surface area contributed by atoms with Crippen molar-refractivity contribution in [3.8, 4) is 0 Å². The highest BCUT2D eigenvalue weighted by Crippen LogP contribution is 2.09.